The van der Waals surface area contributed by atoms with E-state index in [1.807, 2.05) is 12.1 Å². The summed E-state index contributed by atoms with van der Waals surface area (Å²) in [7, 11) is 0. The molecule has 0 saturated heterocycles. The van der Waals surface area contributed by atoms with Crippen LogP contribution in [-0.4, -0.2) is 32.3 Å². The molecule has 3 heterocycles. The second-order valence-electron chi connectivity index (χ2n) is 4.79. The normalized spacial score (nSPS) is 13.9. The van der Waals surface area contributed by atoms with Crippen molar-refractivity contribution in [2.45, 2.75) is 19.9 Å². The van der Waals surface area contributed by atoms with Gasteiger partial charge in [0.1, 0.15) is 0 Å². The van der Waals surface area contributed by atoms with Gasteiger partial charge in [0, 0.05) is 50.0 Å². The molecule has 6 heteroatoms. The quantitative estimate of drug-likeness (QED) is 0.835. The minimum atomic E-state index is 0.0598. The van der Waals surface area contributed by atoms with Crippen molar-refractivity contribution in [2.24, 2.45) is 0 Å². The molecular weight excluding hydrogens is 254 g/mol. The predicted octanol–water partition coefficient (Wildman–Crippen LogP) is 1.03. The molecule has 1 amide bonds. The standard InChI is InChI=1S/C14H15N5O/c1-9(20)19-6-4-12-11(8-19)13(18-14(15)17-12)10-3-2-5-16-7-10/h2-3,5,7H,4,6,8H2,1H3,(H2,15,17,18). The lowest BCUT2D eigenvalue weighted by molar-refractivity contribution is -0.129. The molecule has 1 aliphatic heterocycles. The van der Waals surface area contributed by atoms with E-state index in [1.54, 1.807) is 24.2 Å². The zero-order valence-corrected chi connectivity index (χ0v) is 11.2. The van der Waals surface area contributed by atoms with Crippen LogP contribution in [0.1, 0.15) is 18.2 Å². The molecule has 0 saturated carbocycles. The molecule has 1 aliphatic rings. The maximum Gasteiger partial charge on any atom is 0.220 e. The number of aromatic nitrogens is 3. The van der Waals surface area contributed by atoms with Crippen LogP contribution in [0.5, 0.6) is 0 Å². The van der Waals surface area contributed by atoms with Crippen molar-refractivity contribution in [2.75, 3.05) is 12.3 Å². The van der Waals surface area contributed by atoms with E-state index < -0.39 is 0 Å². The van der Waals surface area contributed by atoms with Crippen molar-refractivity contribution in [3.05, 3.63) is 35.8 Å². The van der Waals surface area contributed by atoms with Gasteiger partial charge in [-0.25, -0.2) is 9.97 Å². The van der Waals surface area contributed by atoms with E-state index in [-0.39, 0.29) is 11.9 Å². The van der Waals surface area contributed by atoms with Gasteiger partial charge in [-0.15, -0.1) is 0 Å². The van der Waals surface area contributed by atoms with E-state index in [1.165, 1.54) is 0 Å². The SMILES string of the molecule is CC(=O)N1CCc2nc(N)nc(-c3cccnc3)c2C1. The van der Waals surface area contributed by atoms with Gasteiger partial charge in [0.25, 0.3) is 0 Å². The molecule has 0 bridgehead atoms. The van der Waals surface area contributed by atoms with Crippen LogP contribution >= 0.6 is 0 Å². The Morgan fingerprint density at radius 3 is 2.95 bits per heavy atom. The van der Waals surface area contributed by atoms with Gasteiger partial charge in [-0.3, -0.25) is 9.78 Å². The topological polar surface area (TPSA) is 85.0 Å². The van der Waals surface area contributed by atoms with Gasteiger partial charge in [0.15, 0.2) is 0 Å². The molecule has 0 spiro atoms. The number of rotatable bonds is 1. The highest BCUT2D eigenvalue weighted by molar-refractivity contribution is 5.74. The number of nitrogens with zero attached hydrogens (tertiary/aromatic N) is 4. The first-order valence-corrected chi connectivity index (χ1v) is 6.46. The van der Waals surface area contributed by atoms with E-state index in [4.69, 9.17) is 5.73 Å². The summed E-state index contributed by atoms with van der Waals surface area (Å²) in [6.45, 7) is 2.77. The number of amides is 1. The molecule has 20 heavy (non-hydrogen) atoms. The molecule has 3 rings (SSSR count). The molecule has 2 aromatic rings. The van der Waals surface area contributed by atoms with Crippen molar-refractivity contribution in [1.82, 2.24) is 19.9 Å². The molecule has 2 N–H and O–H groups in total. The van der Waals surface area contributed by atoms with E-state index in [0.29, 0.717) is 19.5 Å². The zero-order valence-electron chi connectivity index (χ0n) is 11.2. The lowest BCUT2D eigenvalue weighted by atomic mass is 10.00. The second-order valence-corrected chi connectivity index (χ2v) is 4.79. The van der Waals surface area contributed by atoms with E-state index >= 15 is 0 Å². The smallest absolute Gasteiger partial charge is 0.220 e. The van der Waals surface area contributed by atoms with E-state index in [0.717, 1.165) is 22.5 Å². The third kappa shape index (κ3) is 2.20. The monoisotopic (exact) mass is 269 g/mol. The van der Waals surface area contributed by atoms with Crippen molar-refractivity contribution < 1.29 is 4.79 Å². The highest BCUT2D eigenvalue weighted by Gasteiger charge is 2.24. The van der Waals surface area contributed by atoms with Crippen molar-refractivity contribution in [3.8, 4) is 11.3 Å². The summed E-state index contributed by atoms with van der Waals surface area (Å²) in [4.78, 5) is 26.1. The Kier molecular flexibility index (Phi) is 3.06. The zero-order chi connectivity index (χ0) is 14.1. The number of fused-ring (bicyclic) bond motifs is 1. The lowest BCUT2D eigenvalue weighted by Gasteiger charge is -2.28. The number of pyridine rings is 1. The van der Waals surface area contributed by atoms with Crippen LogP contribution in [0.25, 0.3) is 11.3 Å². The Morgan fingerprint density at radius 2 is 2.25 bits per heavy atom. The number of hydrogen-bond donors (Lipinski definition) is 1. The molecule has 0 unspecified atom stereocenters. The van der Waals surface area contributed by atoms with E-state index in [2.05, 4.69) is 15.0 Å². The molecule has 0 aromatic carbocycles. The molecular formula is C14H15N5O. The van der Waals surface area contributed by atoms with Crippen molar-refractivity contribution in [1.29, 1.82) is 0 Å². The predicted molar refractivity (Wildman–Crippen MR) is 74.5 cm³/mol. The number of nitrogens with two attached hydrogens (primary N) is 1. The lowest BCUT2D eigenvalue weighted by Crippen LogP contribution is -2.35. The Bertz CT molecular complexity index is 656. The van der Waals surface area contributed by atoms with Crippen LogP contribution in [0.4, 0.5) is 5.95 Å². The van der Waals surface area contributed by atoms with Gasteiger partial charge < -0.3 is 10.6 Å². The first-order chi connectivity index (χ1) is 9.65. The van der Waals surface area contributed by atoms with Gasteiger partial charge in [-0.2, -0.15) is 0 Å². The molecule has 102 valence electrons. The fraction of sp³-hybridized carbons (Fsp3) is 0.286. The van der Waals surface area contributed by atoms with Crippen molar-refractivity contribution in [3.63, 3.8) is 0 Å². The number of carbonyl (C=O) groups excluding carboxylic acids is 1. The molecule has 0 radical (unpaired) electrons. The number of carbonyl (C=O) groups is 1. The van der Waals surface area contributed by atoms with Crippen LogP contribution < -0.4 is 5.73 Å². The minimum absolute atomic E-state index is 0.0598. The molecule has 0 fully saturated rings. The third-order valence-corrected chi connectivity index (χ3v) is 3.46. The number of hydrogen-bond acceptors (Lipinski definition) is 5. The Hall–Kier alpha value is -2.50. The van der Waals surface area contributed by atoms with E-state index in [9.17, 15) is 4.79 Å². The largest absolute Gasteiger partial charge is 0.368 e. The first kappa shape index (κ1) is 12.5. The summed E-state index contributed by atoms with van der Waals surface area (Å²) in [6.07, 6.45) is 4.16. The maximum atomic E-state index is 11.6. The Balaban J connectivity index is 2.11. The maximum absolute atomic E-state index is 11.6. The summed E-state index contributed by atoms with van der Waals surface area (Å²) < 4.78 is 0. The van der Waals surface area contributed by atoms with Crippen LogP contribution in [0, 0.1) is 0 Å². The number of nitrogen functional groups attached to an aromatic ring is 1. The van der Waals surface area contributed by atoms with Crippen LogP contribution in [-0.2, 0) is 17.8 Å². The van der Waals surface area contributed by atoms with Crippen molar-refractivity contribution >= 4 is 11.9 Å². The molecule has 0 aliphatic carbocycles. The minimum Gasteiger partial charge on any atom is -0.368 e. The van der Waals surface area contributed by atoms with Gasteiger partial charge in [0.05, 0.1) is 11.4 Å². The fourth-order valence-electron chi connectivity index (χ4n) is 2.44. The van der Waals surface area contributed by atoms with Crippen LogP contribution in [0.3, 0.4) is 0 Å². The number of anilines is 1. The summed E-state index contributed by atoms with van der Waals surface area (Å²) in [5.41, 5.74) is 9.34. The van der Waals surface area contributed by atoms with Gasteiger partial charge in [-0.05, 0) is 12.1 Å². The summed E-state index contributed by atoms with van der Waals surface area (Å²) in [5, 5.41) is 0. The van der Waals surface area contributed by atoms with Crippen LogP contribution in [0.2, 0.25) is 0 Å². The summed E-state index contributed by atoms with van der Waals surface area (Å²) >= 11 is 0. The summed E-state index contributed by atoms with van der Waals surface area (Å²) in [5.74, 6) is 0.323. The highest BCUT2D eigenvalue weighted by atomic mass is 16.2. The van der Waals surface area contributed by atoms with Gasteiger partial charge in [-0.1, -0.05) is 0 Å². The second kappa shape index (κ2) is 4.88. The van der Waals surface area contributed by atoms with Gasteiger partial charge >= 0.3 is 0 Å². The average molecular weight is 269 g/mol. The molecule has 6 nitrogen and oxygen atoms in total. The highest BCUT2D eigenvalue weighted by Crippen LogP contribution is 2.28. The van der Waals surface area contributed by atoms with Crippen LogP contribution in [0.15, 0.2) is 24.5 Å². The Morgan fingerprint density at radius 1 is 1.40 bits per heavy atom. The first-order valence-electron chi connectivity index (χ1n) is 6.46. The third-order valence-electron chi connectivity index (χ3n) is 3.46. The summed E-state index contributed by atoms with van der Waals surface area (Å²) in [6, 6.07) is 3.79. The Labute approximate surface area is 116 Å². The fourth-order valence-corrected chi connectivity index (χ4v) is 2.44. The average Bonchev–Trinajstić information content (AvgIpc) is 2.46. The van der Waals surface area contributed by atoms with Gasteiger partial charge in [0.2, 0.25) is 11.9 Å². The molecule has 2 aromatic heterocycles. The molecule has 0 atom stereocenters.